The number of phenols is 2. The molecule has 4 nitrogen and oxygen atoms in total. The summed E-state index contributed by atoms with van der Waals surface area (Å²) < 4.78 is 6.45. The van der Waals surface area contributed by atoms with Gasteiger partial charge in [-0.25, -0.2) is 0 Å². The first-order valence-corrected chi connectivity index (χ1v) is 9.11. The van der Waals surface area contributed by atoms with Crippen LogP contribution in [0.3, 0.4) is 0 Å². The van der Waals surface area contributed by atoms with Crippen LogP contribution in [0.15, 0.2) is 6.07 Å². The second-order valence-corrected chi connectivity index (χ2v) is 8.98. The predicted octanol–water partition coefficient (Wildman–Crippen LogP) is 3.77. The Kier molecular flexibility index (Phi) is 3.30. The van der Waals surface area contributed by atoms with E-state index in [0.29, 0.717) is 12.0 Å². The van der Waals surface area contributed by atoms with Crippen LogP contribution < -0.4 is 0 Å². The molecule has 132 valence electrons. The number of phenolic OH excluding ortho intramolecular Hbond substituents is 2. The van der Waals surface area contributed by atoms with Crippen molar-refractivity contribution in [3.8, 4) is 11.5 Å². The maximum atomic E-state index is 11.1. The lowest BCUT2D eigenvalue weighted by atomic mass is 9.59. The maximum absolute atomic E-state index is 11.1. The first kappa shape index (κ1) is 16.2. The van der Waals surface area contributed by atoms with Crippen LogP contribution in [0.25, 0.3) is 0 Å². The minimum absolute atomic E-state index is 0.00695. The van der Waals surface area contributed by atoms with Crippen LogP contribution >= 0.6 is 0 Å². The molecular weight excluding hydrogens is 304 g/mol. The highest BCUT2D eigenvalue weighted by Crippen LogP contribution is 2.63. The molecular formula is C20H28O4. The fraction of sp³-hybridized carbons (Fsp3) is 0.700. The van der Waals surface area contributed by atoms with E-state index in [1.165, 1.54) is 0 Å². The molecule has 2 heterocycles. The number of aromatic hydroxyl groups is 2. The van der Waals surface area contributed by atoms with E-state index in [-0.39, 0.29) is 28.7 Å². The lowest BCUT2D eigenvalue weighted by molar-refractivity contribution is -0.114. The molecule has 2 fully saturated rings. The van der Waals surface area contributed by atoms with E-state index in [0.717, 1.165) is 30.4 Å². The number of aliphatic hydroxyl groups is 1. The zero-order valence-electron chi connectivity index (χ0n) is 15.0. The average molecular weight is 332 g/mol. The summed E-state index contributed by atoms with van der Waals surface area (Å²) in [6.07, 6.45) is 2.65. The first-order chi connectivity index (χ1) is 11.2. The van der Waals surface area contributed by atoms with Crippen LogP contribution in [0.2, 0.25) is 0 Å². The number of ether oxygens (including phenoxy) is 1. The Labute approximate surface area is 143 Å². The number of hydrogen-bond donors (Lipinski definition) is 3. The van der Waals surface area contributed by atoms with Crippen molar-refractivity contribution >= 4 is 0 Å². The highest BCUT2D eigenvalue weighted by atomic mass is 16.5. The smallest absolute Gasteiger partial charge is 0.161 e. The van der Waals surface area contributed by atoms with E-state index in [1.807, 2.05) is 19.9 Å². The molecule has 3 N–H and O–H groups in total. The summed E-state index contributed by atoms with van der Waals surface area (Å²) in [5.74, 6) is 0.122. The molecule has 0 amide bonds. The van der Waals surface area contributed by atoms with Crippen LogP contribution in [0.4, 0.5) is 0 Å². The van der Waals surface area contributed by atoms with Crippen LogP contribution in [-0.2, 0) is 11.2 Å². The molecule has 1 aromatic carbocycles. The van der Waals surface area contributed by atoms with Crippen molar-refractivity contribution in [2.45, 2.75) is 77.1 Å². The zero-order chi connectivity index (χ0) is 17.4. The van der Waals surface area contributed by atoms with Gasteiger partial charge in [0, 0.05) is 23.5 Å². The molecule has 1 aliphatic carbocycles. The molecule has 4 heteroatoms. The Morgan fingerprint density at radius 1 is 1.17 bits per heavy atom. The molecule has 0 aromatic heterocycles. The van der Waals surface area contributed by atoms with Crippen molar-refractivity contribution in [1.29, 1.82) is 0 Å². The molecule has 4 unspecified atom stereocenters. The molecule has 2 bridgehead atoms. The lowest BCUT2D eigenvalue weighted by Crippen LogP contribution is -2.51. The summed E-state index contributed by atoms with van der Waals surface area (Å²) in [6, 6.07) is 1.93. The Morgan fingerprint density at radius 2 is 1.88 bits per heavy atom. The van der Waals surface area contributed by atoms with E-state index in [9.17, 15) is 15.3 Å². The molecule has 24 heavy (non-hydrogen) atoms. The Morgan fingerprint density at radius 3 is 2.54 bits per heavy atom. The predicted molar refractivity (Wildman–Crippen MR) is 91.3 cm³/mol. The first-order valence-electron chi connectivity index (χ1n) is 9.11. The topological polar surface area (TPSA) is 69.9 Å². The van der Waals surface area contributed by atoms with Gasteiger partial charge in [-0.05, 0) is 35.8 Å². The Balaban J connectivity index is 1.90. The summed E-state index contributed by atoms with van der Waals surface area (Å²) in [7, 11) is 0. The SMILES string of the molecule is CC(C)c1cc2c(c(O)c1O)CC13CCCC(C)(C)C1C(O)C2O3. The summed E-state index contributed by atoms with van der Waals surface area (Å²) >= 11 is 0. The van der Waals surface area contributed by atoms with E-state index < -0.39 is 17.8 Å². The fourth-order valence-corrected chi connectivity index (χ4v) is 5.68. The van der Waals surface area contributed by atoms with E-state index in [4.69, 9.17) is 4.74 Å². The molecule has 1 saturated carbocycles. The Hall–Kier alpha value is -1.26. The van der Waals surface area contributed by atoms with Crippen molar-refractivity contribution in [2.75, 3.05) is 0 Å². The van der Waals surface area contributed by atoms with Gasteiger partial charge in [0.05, 0.1) is 11.7 Å². The van der Waals surface area contributed by atoms with Crippen LogP contribution in [0, 0.1) is 11.3 Å². The summed E-state index contributed by atoms with van der Waals surface area (Å²) in [5, 5.41) is 32.2. The molecule has 0 radical (unpaired) electrons. The quantitative estimate of drug-likeness (QED) is 0.685. The van der Waals surface area contributed by atoms with Crippen molar-refractivity contribution in [2.24, 2.45) is 11.3 Å². The van der Waals surface area contributed by atoms with Gasteiger partial charge in [-0.2, -0.15) is 0 Å². The lowest BCUT2D eigenvalue weighted by Gasteiger charge is -2.49. The second-order valence-electron chi connectivity index (χ2n) is 8.98. The van der Waals surface area contributed by atoms with Crippen LogP contribution in [-0.4, -0.2) is 27.0 Å². The van der Waals surface area contributed by atoms with Crippen molar-refractivity contribution < 1.29 is 20.1 Å². The van der Waals surface area contributed by atoms with Gasteiger partial charge < -0.3 is 20.1 Å². The van der Waals surface area contributed by atoms with Crippen molar-refractivity contribution in [1.82, 2.24) is 0 Å². The minimum Gasteiger partial charge on any atom is -0.504 e. The molecule has 1 saturated heterocycles. The summed E-state index contributed by atoms with van der Waals surface area (Å²) in [4.78, 5) is 0. The minimum atomic E-state index is -0.564. The average Bonchev–Trinajstić information content (AvgIpc) is 2.73. The Bertz CT molecular complexity index is 693. The van der Waals surface area contributed by atoms with Gasteiger partial charge >= 0.3 is 0 Å². The molecule has 4 rings (SSSR count). The number of benzene rings is 1. The third kappa shape index (κ3) is 1.93. The molecule has 1 spiro atoms. The van der Waals surface area contributed by atoms with Crippen molar-refractivity contribution in [3.63, 3.8) is 0 Å². The van der Waals surface area contributed by atoms with Crippen LogP contribution in [0.1, 0.15) is 75.7 Å². The van der Waals surface area contributed by atoms with Gasteiger partial charge in [0.15, 0.2) is 11.5 Å². The third-order valence-electron chi connectivity index (χ3n) is 6.69. The van der Waals surface area contributed by atoms with Gasteiger partial charge in [-0.3, -0.25) is 0 Å². The van der Waals surface area contributed by atoms with Gasteiger partial charge in [0.1, 0.15) is 6.10 Å². The number of hydrogen-bond acceptors (Lipinski definition) is 4. The highest BCUT2D eigenvalue weighted by Gasteiger charge is 2.64. The largest absolute Gasteiger partial charge is 0.504 e. The fourth-order valence-electron chi connectivity index (χ4n) is 5.68. The zero-order valence-corrected chi connectivity index (χ0v) is 15.0. The summed E-state index contributed by atoms with van der Waals surface area (Å²) in [5.41, 5.74) is 1.94. The van der Waals surface area contributed by atoms with Gasteiger partial charge in [0.25, 0.3) is 0 Å². The highest BCUT2D eigenvalue weighted by molar-refractivity contribution is 5.58. The van der Waals surface area contributed by atoms with E-state index in [2.05, 4.69) is 13.8 Å². The van der Waals surface area contributed by atoms with E-state index >= 15 is 0 Å². The molecule has 4 atom stereocenters. The van der Waals surface area contributed by atoms with Crippen molar-refractivity contribution in [3.05, 3.63) is 22.8 Å². The second kappa shape index (κ2) is 4.89. The monoisotopic (exact) mass is 332 g/mol. The van der Waals surface area contributed by atoms with E-state index in [1.54, 1.807) is 0 Å². The van der Waals surface area contributed by atoms with Gasteiger partial charge in [-0.15, -0.1) is 0 Å². The van der Waals surface area contributed by atoms with Crippen LogP contribution in [0.5, 0.6) is 11.5 Å². The normalized spacial score (nSPS) is 36.5. The summed E-state index contributed by atoms with van der Waals surface area (Å²) in [6.45, 7) is 8.40. The third-order valence-corrected chi connectivity index (χ3v) is 6.69. The molecule has 2 aliphatic heterocycles. The van der Waals surface area contributed by atoms with Gasteiger partial charge in [0.2, 0.25) is 0 Å². The number of fused-ring (bicyclic) bond motifs is 3. The maximum Gasteiger partial charge on any atom is 0.161 e. The molecule has 1 aromatic rings. The number of rotatable bonds is 1. The van der Waals surface area contributed by atoms with Gasteiger partial charge in [-0.1, -0.05) is 34.1 Å². The standard InChI is InChI=1S/C20H28O4/c1-10(2)11-8-12-13(15(22)14(11)21)9-20-7-5-6-19(3,4)18(20)16(23)17(12)24-20/h8,10,16-18,21-23H,5-7,9H2,1-4H3. The molecule has 3 aliphatic rings. The number of aliphatic hydroxyl groups excluding tert-OH is 1.